The van der Waals surface area contributed by atoms with Crippen LogP contribution < -0.4 is 14.8 Å². The minimum absolute atomic E-state index is 0.239. The van der Waals surface area contributed by atoms with E-state index in [-0.39, 0.29) is 5.56 Å². The molecule has 0 aliphatic heterocycles. The maximum Gasteiger partial charge on any atom is 0.338 e. The fourth-order valence-electron chi connectivity index (χ4n) is 2.06. The van der Waals surface area contributed by atoms with E-state index in [0.29, 0.717) is 17.2 Å². The van der Waals surface area contributed by atoms with Crippen molar-refractivity contribution < 1.29 is 23.8 Å². The normalized spacial score (nSPS) is 10.1. The van der Waals surface area contributed by atoms with Gasteiger partial charge < -0.3 is 19.5 Å². The van der Waals surface area contributed by atoms with Gasteiger partial charge in [-0.3, -0.25) is 4.79 Å². The number of nitrogens with one attached hydrogen (secondary N) is 1. The van der Waals surface area contributed by atoms with E-state index in [2.05, 4.69) is 21.2 Å². The topological polar surface area (TPSA) is 73.9 Å². The van der Waals surface area contributed by atoms with Crippen LogP contribution in [0.25, 0.3) is 0 Å². The predicted octanol–water partition coefficient (Wildman–Crippen LogP) is 3.57. The second-order valence-corrected chi connectivity index (χ2v) is 6.04. The van der Waals surface area contributed by atoms with Crippen LogP contribution in [0, 0.1) is 6.92 Å². The Morgan fingerprint density at radius 1 is 1.04 bits per heavy atom. The Hall–Kier alpha value is -2.54. The SMILES string of the molecule is COc1cc(OC)cc(C(=O)OCC(=O)Nc2ccc(Br)c(C)c2)c1. The van der Waals surface area contributed by atoms with E-state index in [1.807, 2.05) is 19.1 Å². The van der Waals surface area contributed by atoms with Gasteiger partial charge in [-0.25, -0.2) is 4.79 Å². The maximum atomic E-state index is 12.1. The maximum absolute atomic E-state index is 12.1. The van der Waals surface area contributed by atoms with Crippen molar-refractivity contribution in [2.45, 2.75) is 6.92 Å². The first-order valence-electron chi connectivity index (χ1n) is 7.39. The van der Waals surface area contributed by atoms with Crippen LogP contribution in [0.1, 0.15) is 15.9 Å². The van der Waals surface area contributed by atoms with Gasteiger partial charge in [0.2, 0.25) is 0 Å². The summed E-state index contributed by atoms with van der Waals surface area (Å²) in [5.41, 5.74) is 1.85. The summed E-state index contributed by atoms with van der Waals surface area (Å²) < 4.78 is 16.2. The van der Waals surface area contributed by atoms with Crippen molar-refractivity contribution >= 4 is 33.5 Å². The number of ether oxygens (including phenoxy) is 3. The molecule has 0 aliphatic rings. The summed E-state index contributed by atoms with van der Waals surface area (Å²) in [5, 5.41) is 2.68. The minimum atomic E-state index is -0.640. The molecule has 0 radical (unpaired) electrons. The third kappa shape index (κ3) is 5.22. The quantitative estimate of drug-likeness (QED) is 0.740. The molecule has 0 aromatic heterocycles. The van der Waals surface area contributed by atoms with Crippen molar-refractivity contribution in [1.82, 2.24) is 0 Å². The van der Waals surface area contributed by atoms with Gasteiger partial charge in [-0.05, 0) is 42.8 Å². The molecule has 2 aromatic carbocycles. The Balaban J connectivity index is 1.97. The first-order chi connectivity index (χ1) is 11.9. The van der Waals surface area contributed by atoms with Crippen LogP contribution in [0.4, 0.5) is 5.69 Å². The zero-order valence-electron chi connectivity index (χ0n) is 14.1. The second kappa shape index (κ2) is 8.53. The van der Waals surface area contributed by atoms with Crippen molar-refractivity contribution in [3.8, 4) is 11.5 Å². The van der Waals surface area contributed by atoms with E-state index in [0.717, 1.165) is 10.0 Å². The zero-order valence-corrected chi connectivity index (χ0v) is 15.7. The Bertz CT molecular complexity index is 769. The number of amides is 1. The summed E-state index contributed by atoms with van der Waals surface area (Å²) in [6, 6.07) is 10.1. The van der Waals surface area contributed by atoms with E-state index in [1.54, 1.807) is 12.1 Å². The molecule has 0 spiro atoms. The first-order valence-corrected chi connectivity index (χ1v) is 8.18. The second-order valence-electron chi connectivity index (χ2n) is 5.19. The average molecular weight is 408 g/mol. The number of carbonyl (C=O) groups excluding carboxylic acids is 2. The number of aryl methyl sites for hydroxylation is 1. The Kier molecular flexibility index (Phi) is 6.41. The molecule has 7 heteroatoms. The summed E-state index contributed by atoms with van der Waals surface area (Å²) in [5.74, 6) is -0.147. The third-order valence-electron chi connectivity index (χ3n) is 3.36. The van der Waals surface area contributed by atoms with Gasteiger partial charge in [0.15, 0.2) is 6.61 Å². The average Bonchev–Trinajstić information content (AvgIpc) is 2.62. The van der Waals surface area contributed by atoms with Gasteiger partial charge in [-0.1, -0.05) is 15.9 Å². The number of rotatable bonds is 6. The van der Waals surface area contributed by atoms with Crippen molar-refractivity contribution in [2.24, 2.45) is 0 Å². The Labute approximate surface area is 154 Å². The number of hydrogen-bond donors (Lipinski definition) is 1. The molecule has 0 aliphatic carbocycles. The van der Waals surface area contributed by atoms with Crippen LogP contribution >= 0.6 is 15.9 Å². The molecule has 0 heterocycles. The standard InChI is InChI=1S/C18H18BrNO5/c1-11-6-13(4-5-16(11)19)20-17(21)10-25-18(22)12-7-14(23-2)9-15(8-12)24-3/h4-9H,10H2,1-3H3,(H,20,21). The molecule has 0 bridgehead atoms. The lowest BCUT2D eigenvalue weighted by atomic mass is 10.2. The van der Waals surface area contributed by atoms with Gasteiger partial charge in [-0.15, -0.1) is 0 Å². The first kappa shape index (κ1) is 18.8. The van der Waals surface area contributed by atoms with Crippen LogP contribution in [0.3, 0.4) is 0 Å². The highest BCUT2D eigenvalue weighted by atomic mass is 79.9. The molecule has 1 N–H and O–H groups in total. The van der Waals surface area contributed by atoms with Gasteiger partial charge in [0.05, 0.1) is 19.8 Å². The van der Waals surface area contributed by atoms with Crippen LogP contribution in [-0.2, 0) is 9.53 Å². The summed E-state index contributed by atoms with van der Waals surface area (Å²) in [6.45, 7) is 1.52. The van der Waals surface area contributed by atoms with E-state index < -0.39 is 18.5 Å². The van der Waals surface area contributed by atoms with E-state index in [9.17, 15) is 9.59 Å². The van der Waals surface area contributed by atoms with Gasteiger partial charge in [0.25, 0.3) is 5.91 Å². The van der Waals surface area contributed by atoms with Crippen LogP contribution in [0.5, 0.6) is 11.5 Å². The molecule has 0 saturated carbocycles. The molecule has 0 fully saturated rings. The number of anilines is 1. The summed E-state index contributed by atoms with van der Waals surface area (Å²) in [7, 11) is 2.97. The van der Waals surface area contributed by atoms with E-state index in [4.69, 9.17) is 14.2 Å². The van der Waals surface area contributed by atoms with Gasteiger partial charge in [0.1, 0.15) is 11.5 Å². The number of carbonyl (C=O) groups is 2. The van der Waals surface area contributed by atoms with Crippen LogP contribution in [0.2, 0.25) is 0 Å². The summed E-state index contributed by atoms with van der Waals surface area (Å²) in [4.78, 5) is 24.1. The lowest BCUT2D eigenvalue weighted by Crippen LogP contribution is -2.21. The molecule has 0 atom stereocenters. The number of hydrogen-bond acceptors (Lipinski definition) is 5. The Morgan fingerprint density at radius 2 is 1.68 bits per heavy atom. The molecule has 25 heavy (non-hydrogen) atoms. The fourth-order valence-corrected chi connectivity index (χ4v) is 2.31. The molecule has 1 amide bonds. The molecule has 132 valence electrons. The highest BCUT2D eigenvalue weighted by Crippen LogP contribution is 2.23. The number of methoxy groups -OCH3 is 2. The smallest absolute Gasteiger partial charge is 0.338 e. The summed E-state index contributed by atoms with van der Waals surface area (Å²) >= 11 is 3.39. The minimum Gasteiger partial charge on any atom is -0.497 e. The number of esters is 1. The van der Waals surface area contributed by atoms with Crippen molar-refractivity contribution in [2.75, 3.05) is 26.1 Å². The third-order valence-corrected chi connectivity index (χ3v) is 4.25. The lowest BCUT2D eigenvalue weighted by Gasteiger charge is -2.10. The van der Waals surface area contributed by atoms with Crippen LogP contribution in [-0.4, -0.2) is 32.7 Å². The van der Waals surface area contributed by atoms with Crippen molar-refractivity contribution in [1.29, 1.82) is 0 Å². The van der Waals surface area contributed by atoms with Gasteiger partial charge >= 0.3 is 5.97 Å². The lowest BCUT2D eigenvalue weighted by molar-refractivity contribution is -0.119. The molecule has 2 rings (SSSR count). The van der Waals surface area contributed by atoms with Crippen molar-refractivity contribution in [3.05, 3.63) is 52.0 Å². The molecule has 2 aromatic rings. The molecular formula is C18H18BrNO5. The monoisotopic (exact) mass is 407 g/mol. The van der Waals surface area contributed by atoms with Crippen molar-refractivity contribution in [3.63, 3.8) is 0 Å². The number of benzene rings is 2. The van der Waals surface area contributed by atoms with E-state index >= 15 is 0 Å². The molecule has 0 saturated heterocycles. The van der Waals surface area contributed by atoms with E-state index in [1.165, 1.54) is 26.4 Å². The number of halogens is 1. The predicted molar refractivity (Wildman–Crippen MR) is 97.3 cm³/mol. The summed E-state index contributed by atoms with van der Waals surface area (Å²) in [6.07, 6.45) is 0. The van der Waals surface area contributed by atoms with Gasteiger partial charge in [0, 0.05) is 16.2 Å². The highest BCUT2D eigenvalue weighted by Gasteiger charge is 2.13. The largest absolute Gasteiger partial charge is 0.497 e. The molecule has 0 unspecified atom stereocenters. The highest BCUT2D eigenvalue weighted by molar-refractivity contribution is 9.10. The fraction of sp³-hybridized carbons (Fsp3) is 0.222. The van der Waals surface area contributed by atoms with Gasteiger partial charge in [-0.2, -0.15) is 0 Å². The Morgan fingerprint density at radius 3 is 2.24 bits per heavy atom. The molecular weight excluding hydrogens is 390 g/mol. The zero-order chi connectivity index (χ0) is 18.4. The molecule has 6 nitrogen and oxygen atoms in total. The van der Waals surface area contributed by atoms with Crippen LogP contribution in [0.15, 0.2) is 40.9 Å².